The van der Waals surface area contributed by atoms with Gasteiger partial charge in [-0.1, -0.05) is 17.3 Å². The van der Waals surface area contributed by atoms with E-state index < -0.39 is 10.0 Å². The van der Waals surface area contributed by atoms with Crippen LogP contribution in [-0.4, -0.2) is 25.1 Å². The predicted octanol–water partition coefficient (Wildman–Crippen LogP) is 1.46. The Bertz CT molecular complexity index is 877. The van der Waals surface area contributed by atoms with Crippen molar-refractivity contribution in [3.63, 3.8) is 0 Å². The van der Waals surface area contributed by atoms with Crippen LogP contribution in [0.25, 0.3) is 11.1 Å². The number of hydrogen-bond donors (Lipinski definition) is 2. The first-order chi connectivity index (χ1) is 11.0. The molecule has 3 aromatic rings. The Kier molecular flexibility index (Phi) is 4.16. The van der Waals surface area contributed by atoms with Crippen LogP contribution in [0.15, 0.2) is 38.1 Å². The van der Waals surface area contributed by atoms with E-state index >= 15 is 0 Å². The van der Waals surface area contributed by atoms with Crippen LogP contribution >= 0.6 is 0 Å². The van der Waals surface area contributed by atoms with Gasteiger partial charge in [-0.3, -0.25) is 0 Å². The zero-order valence-corrected chi connectivity index (χ0v) is 13.5. The highest BCUT2D eigenvalue weighted by Gasteiger charge is 2.23. The molecule has 0 fully saturated rings. The molecule has 0 saturated heterocycles. The number of hydrogen-bond acceptors (Lipinski definition) is 7. The third kappa shape index (κ3) is 3.26. The molecule has 8 nitrogen and oxygen atoms in total. The Balaban J connectivity index is 1.59. The second-order valence-electron chi connectivity index (χ2n) is 5.01. The molecule has 3 rings (SSSR count). The van der Waals surface area contributed by atoms with Gasteiger partial charge in [0.15, 0.2) is 17.2 Å². The van der Waals surface area contributed by atoms with Crippen molar-refractivity contribution in [2.75, 3.05) is 6.54 Å². The maximum atomic E-state index is 12.2. The number of sulfonamides is 1. The summed E-state index contributed by atoms with van der Waals surface area (Å²) in [5.41, 5.74) is 4.45. The van der Waals surface area contributed by atoms with E-state index in [0.717, 1.165) is 5.52 Å². The van der Waals surface area contributed by atoms with Crippen molar-refractivity contribution in [1.82, 2.24) is 20.4 Å². The molecular formula is C14H16N4O4S. The van der Waals surface area contributed by atoms with Crippen LogP contribution < -0.4 is 10.3 Å². The Morgan fingerprint density at radius 1 is 1.22 bits per heavy atom. The Morgan fingerprint density at radius 2 is 2.00 bits per heavy atom. The first-order valence-corrected chi connectivity index (χ1v) is 8.47. The van der Waals surface area contributed by atoms with Crippen LogP contribution in [0.1, 0.15) is 17.3 Å². The fraction of sp³-hybridized carbons (Fsp3) is 0.286. The molecule has 2 N–H and O–H groups in total. The molecule has 0 radical (unpaired) electrons. The predicted molar refractivity (Wildman–Crippen MR) is 82.0 cm³/mol. The Hall–Kier alpha value is -2.23. The Morgan fingerprint density at radius 3 is 2.70 bits per heavy atom. The van der Waals surface area contributed by atoms with Crippen LogP contribution in [0.4, 0.5) is 0 Å². The molecular weight excluding hydrogens is 320 g/mol. The van der Waals surface area contributed by atoms with E-state index in [2.05, 4.69) is 20.4 Å². The molecule has 0 aliphatic rings. The highest BCUT2D eigenvalue weighted by atomic mass is 32.2. The summed E-state index contributed by atoms with van der Waals surface area (Å²) in [6.45, 7) is 3.45. The standard InChI is InChI=1S/C14H16N4O4S/c1-9-14(10(2)22-17-9)23(19,20)18-15-8-7-13-16-11-5-3-4-6-12(11)21-13/h3-6,15,18H,7-8H2,1-2H3. The molecule has 0 unspecified atom stereocenters. The summed E-state index contributed by atoms with van der Waals surface area (Å²) in [6, 6.07) is 7.44. The van der Waals surface area contributed by atoms with Crippen molar-refractivity contribution in [2.45, 2.75) is 25.2 Å². The van der Waals surface area contributed by atoms with Crippen LogP contribution in [0.5, 0.6) is 0 Å². The van der Waals surface area contributed by atoms with Crippen molar-refractivity contribution >= 4 is 21.1 Å². The molecule has 0 atom stereocenters. The van der Waals surface area contributed by atoms with E-state index in [1.807, 2.05) is 24.3 Å². The molecule has 0 amide bonds. The van der Waals surface area contributed by atoms with Gasteiger partial charge >= 0.3 is 0 Å². The first kappa shape index (κ1) is 15.7. The van der Waals surface area contributed by atoms with Crippen molar-refractivity contribution < 1.29 is 17.4 Å². The zero-order chi connectivity index (χ0) is 16.4. The van der Waals surface area contributed by atoms with Gasteiger partial charge in [0, 0.05) is 13.0 Å². The topological polar surface area (TPSA) is 110 Å². The van der Waals surface area contributed by atoms with Gasteiger partial charge in [-0.15, -0.1) is 4.83 Å². The highest BCUT2D eigenvalue weighted by molar-refractivity contribution is 7.89. The molecule has 0 aliphatic carbocycles. The van der Waals surface area contributed by atoms with E-state index in [-0.39, 0.29) is 10.7 Å². The average Bonchev–Trinajstić information content (AvgIpc) is 3.06. The molecule has 23 heavy (non-hydrogen) atoms. The highest BCUT2D eigenvalue weighted by Crippen LogP contribution is 2.18. The number of rotatable bonds is 6. The summed E-state index contributed by atoms with van der Waals surface area (Å²) in [4.78, 5) is 6.66. The third-order valence-electron chi connectivity index (χ3n) is 3.25. The minimum atomic E-state index is -3.73. The van der Waals surface area contributed by atoms with Gasteiger partial charge < -0.3 is 8.94 Å². The van der Waals surface area contributed by atoms with Gasteiger partial charge in [0.25, 0.3) is 10.0 Å². The smallest absolute Gasteiger partial charge is 0.258 e. The number of nitrogens with zero attached hydrogens (tertiary/aromatic N) is 2. The summed E-state index contributed by atoms with van der Waals surface area (Å²) >= 11 is 0. The number of hydrazine groups is 1. The average molecular weight is 336 g/mol. The Labute approximate surface area is 132 Å². The lowest BCUT2D eigenvalue weighted by Crippen LogP contribution is -2.38. The summed E-state index contributed by atoms with van der Waals surface area (Å²) in [5.74, 6) is 0.783. The lowest BCUT2D eigenvalue weighted by Gasteiger charge is -2.06. The zero-order valence-electron chi connectivity index (χ0n) is 12.7. The van der Waals surface area contributed by atoms with Crippen molar-refractivity contribution in [3.8, 4) is 0 Å². The van der Waals surface area contributed by atoms with Gasteiger partial charge in [-0.25, -0.2) is 18.8 Å². The van der Waals surface area contributed by atoms with Crippen molar-refractivity contribution in [2.24, 2.45) is 0 Å². The molecule has 2 aromatic heterocycles. The lowest BCUT2D eigenvalue weighted by molar-refractivity contribution is 0.390. The molecule has 9 heteroatoms. The largest absolute Gasteiger partial charge is 0.441 e. The van der Waals surface area contributed by atoms with E-state index in [1.165, 1.54) is 0 Å². The van der Waals surface area contributed by atoms with E-state index in [0.29, 0.717) is 30.1 Å². The molecule has 0 spiro atoms. The molecule has 0 aliphatic heterocycles. The number of para-hydroxylation sites is 2. The van der Waals surface area contributed by atoms with E-state index in [4.69, 9.17) is 8.94 Å². The number of fused-ring (bicyclic) bond motifs is 1. The maximum absolute atomic E-state index is 12.2. The first-order valence-electron chi connectivity index (χ1n) is 6.99. The fourth-order valence-electron chi connectivity index (χ4n) is 2.25. The van der Waals surface area contributed by atoms with Crippen molar-refractivity contribution in [1.29, 1.82) is 0 Å². The fourth-order valence-corrected chi connectivity index (χ4v) is 3.49. The molecule has 1 aromatic carbocycles. The van der Waals surface area contributed by atoms with Gasteiger partial charge in [-0.2, -0.15) is 0 Å². The summed E-state index contributed by atoms with van der Waals surface area (Å²) in [6.07, 6.45) is 0.443. The van der Waals surface area contributed by atoms with Crippen molar-refractivity contribution in [3.05, 3.63) is 41.6 Å². The van der Waals surface area contributed by atoms with Crippen LogP contribution in [0.3, 0.4) is 0 Å². The second kappa shape index (κ2) is 6.11. The van der Waals surface area contributed by atoms with E-state index in [9.17, 15) is 8.42 Å². The molecule has 0 bridgehead atoms. The lowest BCUT2D eigenvalue weighted by atomic mass is 10.3. The summed E-state index contributed by atoms with van der Waals surface area (Å²) < 4.78 is 34.8. The van der Waals surface area contributed by atoms with E-state index in [1.54, 1.807) is 13.8 Å². The van der Waals surface area contributed by atoms with Crippen LogP contribution in [0.2, 0.25) is 0 Å². The molecule has 2 heterocycles. The number of nitrogens with one attached hydrogen (secondary N) is 2. The number of aryl methyl sites for hydroxylation is 2. The van der Waals surface area contributed by atoms with Gasteiger partial charge in [0.1, 0.15) is 16.1 Å². The quantitative estimate of drug-likeness (QED) is 0.518. The monoisotopic (exact) mass is 336 g/mol. The van der Waals surface area contributed by atoms with Crippen LogP contribution in [-0.2, 0) is 16.4 Å². The number of benzene rings is 1. The van der Waals surface area contributed by atoms with Gasteiger partial charge in [0.05, 0.1) is 0 Å². The normalized spacial score (nSPS) is 12.1. The van der Waals surface area contributed by atoms with Gasteiger partial charge in [-0.05, 0) is 26.0 Å². The third-order valence-corrected chi connectivity index (χ3v) is 4.78. The number of oxazole rings is 1. The maximum Gasteiger partial charge on any atom is 0.258 e. The summed E-state index contributed by atoms with van der Waals surface area (Å²) in [7, 11) is -3.73. The minimum absolute atomic E-state index is 0.0480. The summed E-state index contributed by atoms with van der Waals surface area (Å²) in [5, 5.41) is 3.64. The van der Waals surface area contributed by atoms with Gasteiger partial charge in [0.2, 0.25) is 0 Å². The SMILES string of the molecule is Cc1noc(C)c1S(=O)(=O)NNCCc1nc2ccccc2o1. The molecule has 122 valence electrons. The second-order valence-corrected chi connectivity index (χ2v) is 6.63. The van der Waals surface area contributed by atoms with Crippen LogP contribution in [0, 0.1) is 13.8 Å². The minimum Gasteiger partial charge on any atom is -0.441 e. The molecule has 0 saturated carbocycles. The number of aromatic nitrogens is 2.